The van der Waals surface area contributed by atoms with E-state index in [2.05, 4.69) is 32.1 Å². The normalized spacial score (nSPS) is 20.5. The topological polar surface area (TPSA) is 53.2 Å². The Morgan fingerprint density at radius 1 is 1.22 bits per heavy atom. The van der Waals surface area contributed by atoms with Crippen LogP contribution < -0.4 is 16.2 Å². The van der Waals surface area contributed by atoms with E-state index in [0.717, 1.165) is 10.0 Å². The molecule has 0 spiro atoms. The van der Waals surface area contributed by atoms with Crippen LogP contribution in [0, 0.1) is 5.82 Å². The second kappa shape index (κ2) is 6.97. The van der Waals surface area contributed by atoms with Gasteiger partial charge in [-0.25, -0.2) is 15.2 Å². The molecule has 0 aliphatic carbocycles. The van der Waals surface area contributed by atoms with Crippen LogP contribution in [0.2, 0.25) is 5.02 Å². The highest BCUT2D eigenvalue weighted by molar-refractivity contribution is 9.10. The predicted molar refractivity (Wildman–Crippen MR) is 91.6 cm³/mol. The number of anilines is 1. The fourth-order valence-electron chi connectivity index (χ4n) is 2.46. The van der Waals surface area contributed by atoms with E-state index < -0.39 is 11.9 Å². The Bertz CT molecular complexity index is 726. The molecule has 0 saturated carbocycles. The number of hydrazine groups is 1. The summed E-state index contributed by atoms with van der Waals surface area (Å²) in [7, 11) is 0. The van der Waals surface area contributed by atoms with Crippen molar-refractivity contribution in [2.75, 3.05) is 5.32 Å². The van der Waals surface area contributed by atoms with Crippen LogP contribution >= 0.6 is 27.5 Å². The fourth-order valence-corrected chi connectivity index (χ4v) is 2.90. The van der Waals surface area contributed by atoms with Crippen LogP contribution in [0.3, 0.4) is 0 Å². The van der Waals surface area contributed by atoms with Crippen molar-refractivity contribution in [1.29, 1.82) is 0 Å². The highest BCUT2D eigenvalue weighted by Crippen LogP contribution is 2.26. The zero-order chi connectivity index (χ0) is 16.4. The number of halogens is 3. The van der Waals surface area contributed by atoms with Crippen LogP contribution in [0.15, 0.2) is 46.9 Å². The van der Waals surface area contributed by atoms with Gasteiger partial charge in [-0.05, 0) is 36.2 Å². The van der Waals surface area contributed by atoms with Gasteiger partial charge in [0.15, 0.2) is 5.82 Å². The smallest absolute Gasteiger partial charge is 0.243 e. The minimum atomic E-state index is -0.627. The van der Waals surface area contributed by atoms with Crippen molar-refractivity contribution in [2.45, 2.75) is 18.5 Å². The number of amides is 1. The molecule has 23 heavy (non-hydrogen) atoms. The van der Waals surface area contributed by atoms with E-state index in [1.54, 1.807) is 6.07 Å². The number of nitrogens with one attached hydrogen (secondary N) is 3. The van der Waals surface area contributed by atoms with Crippen molar-refractivity contribution in [3.63, 3.8) is 0 Å². The summed E-state index contributed by atoms with van der Waals surface area (Å²) < 4.78 is 14.8. The molecular weight excluding hydrogens is 385 g/mol. The van der Waals surface area contributed by atoms with Gasteiger partial charge in [0.05, 0.1) is 10.7 Å². The molecule has 7 heteroatoms. The van der Waals surface area contributed by atoms with Crippen molar-refractivity contribution in [3.8, 4) is 0 Å². The van der Waals surface area contributed by atoms with E-state index in [9.17, 15) is 9.18 Å². The molecule has 2 atom stereocenters. The third kappa shape index (κ3) is 3.72. The number of carbonyl (C=O) groups excluding carboxylic acids is 1. The van der Waals surface area contributed by atoms with E-state index in [-0.39, 0.29) is 22.7 Å². The second-order valence-electron chi connectivity index (χ2n) is 5.27. The SMILES string of the molecule is O=C(Nc1cccc(Cl)c1F)C1CC(c2ccc(Br)cc2)NN1. The molecule has 1 heterocycles. The van der Waals surface area contributed by atoms with Crippen LogP contribution in [0.4, 0.5) is 10.1 Å². The Labute approximate surface area is 146 Å². The predicted octanol–water partition coefficient (Wildman–Crippen LogP) is 3.79. The van der Waals surface area contributed by atoms with E-state index in [4.69, 9.17) is 11.6 Å². The maximum absolute atomic E-state index is 13.8. The number of hydrogen-bond acceptors (Lipinski definition) is 3. The van der Waals surface area contributed by atoms with Crippen molar-refractivity contribution < 1.29 is 9.18 Å². The summed E-state index contributed by atoms with van der Waals surface area (Å²) in [6.45, 7) is 0. The summed E-state index contributed by atoms with van der Waals surface area (Å²) in [4.78, 5) is 12.3. The van der Waals surface area contributed by atoms with E-state index >= 15 is 0 Å². The standard InChI is InChI=1S/C16H14BrClFN3O/c17-10-6-4-9(5-7-10)13-8-14(22-21-13)16(23)20-12-3-1-2-11(18)15(12)19/h1-7,13-14,21-22H,8H2,(H,20,23). The van der Waals surface area contributed by atoms with Crippen LogP contribution in [-0.2, 0) is 4.79 Å². The van der Waals surface area contributed by atoms with Crippen molar-refractivity contribution in [2.24, 2.45) is 0 Å². The summed E-state index contributed by atoms with van der Waals surface area (Å²) in [5, 5.41) is 2.55. The first-order chi connectivity index (χ1) is 11.0. The molecule has 3 N–H and O–H groups in total. The van der Waals surface area contributed by atoms with Gasteiger partial charge in [-0.3, -0.25) is 4.79 Å². The van der Waals surface area contributed by atoms with Crippen LogP contribution in [0.5, 0.6) is 0 Å². The monoisotopic (exact) mass is 397 g/mol. The molecule has 0 bridgehead atoms. The van der Waals surface area contributed by atoms with Crippen LogP contribution in [0.25, 0.3) is 0 Å². The first-order valence-corrected chi connectivity index (χ1v) is 8.23. The van der Waals surface area contributed by atoms with E-state index in [1.807, 2.05) is 24.3 Å². The number of carbonyl (C=O) groups is 1. The molecule has 2 aromatic rings. The Morgan fingerprint density at radius 2 is 1.96 bits per heavy atom. The lowest BCUT2D eigenvalue weighted by atomic mass is 10.0. The minimum absolute atomic E-state index is 0.0167. The van der Waals surface area contributed by atoms with Crippen molar-refractivity contribution >= 4 is 39.1 Å². The fraction of sp³-hybridized carbons (Fsp3) is 0.188. The summed E-state index contributed by atoms with van der Waals surface area (Å²) in [5.41, 5.74) is 7.19. The summed E-state index contributed by atoms with van der Waals surface area (Å²) in [6.07, 6.45) is 0.565. The summed E-state index contributed by atoms with van der Waals surface area (Å²) >= 11 is 9.11. The lowest BCUT2D eigenvalue weighted by Crippen LogP contribution is -2.39. The van der Waals surface area contributed by atoms with Gasteiger partial charge in [0.2, 0.25) is 5.91 Å². The van der Waals surface area contributed by atoms with Crippen LogP contribution in [0.1, 0.15) is 18.0 Å². The van der Waals surface area contributed by atoms with Gasteiger partial charge in [0.25, 0.3) is 0 Å². The molecule has 3 rings (SSSR count). The van der Waals surface area contributed by atoms with Gasteiger partial charge in [0.1, 0.15) is 6.04 Å². The van der Waals surface area contributed by atoms with Gasteiger partial charge < -0.3 is 5.32 Å². The molecule has 1 saturated heterocycles. The number of hydrogen-bond donors (Lipinski definition) is 3. The van der Waals surface area contributed by atoms with Gasteiger partial charge in [-0.15, -0.1) is 0 Å². The molecule has 1 aliphatic heterocycles. The maximum Gasteiger partial charge on any atom is 0.243 e. The Balaban J connectivity index is 1.65. The molecule has 1 fully saturated rings. The largest absolute Gasteiger partial charge is 0.322 e. The van der Waals surface area contributed by atoms with E-state index in [1.165, 1.54) is 12.1 Å². The van der Waals surface area contributed by atoms with Crippen molar-refractivity contribution in [1.82, 2.24) is 10.9 Å². The van der Waals surface area contributed by atoms with E-state index in [0.29, 0.717) is 6.42 Å². The van der Waals surface area contributed by atoms with Gasteiger partial charge >= 0.3 is 0 Å². The maximum atomic E-state index is 13.8. The summed E-state index contributed by atoms with van der Waals surface area (Å²) in [6, 6.07) is 11.9. The molecule has 1 amide bonds. The zero-order valence-corrected chi connectivity index (χ0v) is 14.3. The molecule has 0 aromatic heterocycles. The third-order valence-electron chi connectivity index (χ3n) is 3.70. The quantitative estimate of drug-likeness (QED) is 0.737. The third-order valence-corrected chi connectivity index (χ3v) is 4.52. The number of benzene rings is 2. The van der Waals surface area contributed by atoms with Gasteiger partial charge in [-0.2, -0.15) is 0 Å². The van der Waals surface area contributed by atoms with Crippen LogP contribution in [-0.4, -0.2) is 11.9 Å². The Kier molecular flexibility index (Phi) is 4.96. The average Bonchev–Trinajstić information content (AvgIpc) is 3.02. The lowest BCUT2D eigenvalue weighted by Gasteiger charge is -2.12. The first kappa shape index (κ1) is 16.4. The van der Waals surface area contributed by atoms with Gasteiger partial charge in [0, 0.05) is 10.5 Å². The Hall–Kier alpha value is -1.47. The molecule has 0 radical (unpaired) electrons. The lowest BCUT2D eigenvalue weighted by molar-refractivity contribution is -0.117. The molecule has 120 valence electrons. The highest BCUT2D eigenvalue weighted by atomic mass is 79.9. The molecular formula is C16H14BrClFN3O. The molecule has 2 unspecified atom stereocenters. The summed E-state index contributed by atoms with van der Waals surface area (Å²) in [5.74, 6) is -0.934. The first-order valence-electron chi connectivity index (χ1n) is 7.06. The zero-order valence-electron chi connectivity index (χ0n) is 11.9. The Morgan fingerprint density at radius 3 is 2.70 bits per heavy atom. The molecule has 2 aromatic carbocycles. The average molecular weight is 399 g/mol. The minimum Gasteiger partial charge on any atom is -0.322 e. The van der Waals surface area contributed by atoms with Crippen molar-refractivity contribution in [3.05, 3.63) is 63.3 Å². The van der Waals surface area contributed by atoms with Gasteiger partial charge in [-0.1, -0.05) is 45.7 Å². The highest BCUT2D eigenvalue weighted by Gasteiger charge is 2.30. The molecule has 4 nitrogen and oxygen atoms in total. The second-order valence-corrected chi connectivity index (χ2v) is 6.59. The molecule has 1 aliphatic rings. The number of rotatable bonds is 3.